The molecule has 0 amide bonds. The van der Waals surface area contributed by atoms with Gasteiger partial charge in [0.05, 0.1) is 0 Å². The fourth-order valence-corrected chi connectivity index (χ4v) is 3.08. The van der Waals surface area contributed by atoms with Crippen molar-refractivity contribution < 1.29 is 0 Å². The first-order chi connectivity index (χ1) is 7.77. The van der Waals surface area contributed by atoms with Crippen LogP contribution < -0.4 is 10.2 Å². The predicted molar refractivity (Wildman–Crippen MR) is 68.2 cm³/mol. The van der Waals surface area contributed by atoms with Crippen LogP contribution >= 0.6 is 11.6 Å². The summed E-state index contributed by atoms with van der Waals surface area (Å²) in [4.78, 5) is 2.44. The van der Waals surface area contributed by atoms with Crippen LogP contribution in [0, 0.1) is 5.41 Å². The highest BCUT2D eigenvalue weighted by atomic mass is 35.5. The molecule has 1 spiro atoms. The molecule has 3 rings (SSSR count). The van der Waals surface area contributed by atoms with Gasteiger partial charge in [-0.1, -0.05) is 17.7 Å². The summed E-state index contributed by atoms with van der Waals surface area (Å²) in [6.07, 6.45) is 2.65. The third-order valence-electron chi connectivity index (χ3n) is 3.89. The maximum absolute atomic E-state index is 6.01. The molecule has 2 aliphatic rings. The Bertz CT molecular complexity index is 377. The predicted octanol–water partition coefficient (Wildman–Crippen LogP) is 2.53. The second kappa shape index (κ2) is 3.94. The Morgan fingerprint density at radius 2 is 1.94 bits per heavy atom. The lowest BCUT2D eigenvalue weighted by Crippen LogP contribution is -2.60. The van der Waals surface area contributed by atoms with Crippen LogP contribution in [0.2, 0.25) is 5.02 Å². The van der Waals surface area contributed by atoms with E-state index in [0.717, 1.165) is 5.02 Å². The molecule has 0 aliphatic carbocycles. The van der Waals surface area contributed by atoms with E-state index in [2.05, 4.69) is 22.3 Å². The average Bonchev–Trinajstić information content (AvgIpc) is 2.27. The summed E-state index contributed by atoms with van der Waals surface area (Å²) in [5.41, 5.74) is 1.87. The Morgan fingerprint density at radius 3 is 2.62 bits per heavy atom. The number of rotatable bonds is 1. The van der Waals surface area contributed by atoms with E-state index in [9.17, 15) is 0 Å². The number of nitrogens with zero attached hydrogens (tertiary/aromatic N) is 1. The molecule has 0 unspecified atom stereocenters. The number of benzene rings is 1. The van der Waals surface area contributed by atoms with Crippen molar-refractivity contribution in [1.29, 1.82) is 0 Å². The zero-order valence-corrected chi connectivity index (χ0v) is 10.1. The van der Waals surface area contributed by atoms with Crippen molar-refractivity contribution in [2.75, 3.05) is 31.1 Å². The zero-order chi connectivity index (χ0) is 11.0. The largest absolute Gasteiger partial charge is 0.370 e. The van der Waals surface area contributed by atoms with Crippen molar-refractivity contribution in [3.63, 3.8) is 0 Å². The average molecular weight is 237 g/mol. The second-order valence-corrected chi connectivity index (χ2v) is 5.52. The fourth-order valence-electron chi connectivity index (χ4n) is 2.89. The van der Waals surface area contributed by atoms with Crippen LogP contribution in [0.3, 0.4) is 0 Å². The quantitative estimate of drug-likeness (QED) is 0.806. The Hall–Kier alpha value is -0.730. The van der Waals surface area contributed by atoms with Crippen molar-refractivity contribution in [2.24, 2.45) is 5.41 Å². The van der Waals surface area contributed by atoms with Crippen molar-refractivity contribution in [3.05, 3.63) is 29.3 Å². The molecule has 0 bridgehead atoms. The Labute approximate surface area is 102 Å². The van der Waals surface area contributed by atoms with Crippen LogP contribution in [0.4, 0.5) is 5.69 Å². The minimum atomic E-state index is 0.591. The molecule has 1 N–H and O–H groups in total. The standard InChI is InChI=1S/C13H17ClN2/c14-11-2-1-3-12(8-11)16-9-13(10-16)4-6-15-7-5-13/h1-3,8,15H,4-7,9-10H2. The number of halogens is 1. The minimum absolute atomic E-state index is 0.591. The molecule has 0 saturated carbocycles. The van der Waals surface area contributed by atoms with Crippen molar-refractivity contribution >= 4 is 17.3 Å². The van der Waals surface area contributed by atoms with E-state index in [1.54, 1.807) is 0 Å². The topological polar surface area (TPSA) is 15.3 Å². The van der Waals surface area contributed by atoms with Gasteiger partial charge in [0.1, 0.15) is 0 Å². The summed E-state index contributed by atoms with van der Waals surface area (Å²) in [5.74, 6) is 0. The van der Waals surface area contributed by atoms with E-state index in [4.69, 9.17) is 11.6 Å². The molecular formula is C13H17ClN2. The van der Waals surface area contributed by atoms with Crippen LogP contribution in [-0.4, -0.2) is 26.2 Å². The van der Waals surface area contributed by atoms with Crippen LogP contribution in [-0.2, 0) is 0 Å². The molecule has 2 aliphatic heterocycles. The first-order valence-corrected chi connectivity index (χ1v) is 6.37. The van der Waals surface area contributed by atoms with Crippen LogP contribution in [0.5, 0.6) is 0 Å². The zero-order valence-electron chi connectivity index (χ0n) is 9.38. The molecule has 2 nitrogen and oxygen atoms in total. The first-order valence-electron chi connectivity index (χ1n) is 5.99. The summed E-state index contributed by atoms with van der Waals surface area (Å²) >= 11 is 6.01. The highest BCUT2D eigenvalue weighted by molar-refractivity contribution is 6.30. The van der Waals surface area contributed by atoms with E-state index >= 15 is 0 Å². The number of hydrogen-bond donors (Lipinski definition) is 1. The van der Waals surface area contributed by atoms with E-state index in [1.807, 2.05) is 12.1 Å². The fraction of sp³-hybridized carbons (Fsp3) is 0.538. The lowest BCUT2D eigenvalue weighted by Gasteiger charge is -2.53. The lowest BCUT2D eigenvalue weighted by molar-refractivity contribution is 0.150. The number of nitrogens with one attached hydrogen (secondary N) is 1. The molecule has 3 heteroatoms. The van der Waals surface area contributed by atoms with Gasteiger partial charge in [-0.25, -0.2) is 0 Å². The third-order valence-corrected chi connectivity index (χ3v) is 4.13. The van der Waals surface area contributed by atoms with Gasteiger partial charge in [0.15, 0.2) is 0 Å². The normalized spacial score (nSPS) is 23.2. The highest BCUT2D eigenvalue weighted by Crippen LogP contribution is 2.41. The van der Waals surface area contributed by atoms with Crippen molar-refractivity contribution in [3.8, 4) is 0 Å². The maximum atomic E-state index is 6.01. The molecule has 0 radical (unpaired) electrons. The summed E-state index contributed by atoms with van der Waals surface area (Å²) in [7, 11) is 0. The highest BCUT2D eigenvalue weighted by Gasteiger charge is 2.43. The molecule has 2 fully saturated rings. The Morgan fingerprint density at radius 1 is 1.19 bits per heavy atom. The molecular weight excluding hydrogens is 220 g/mol. The van der Waals surface area contributed by atoms with E-state index in [-0.39, 0.29) is 0 Å². The van der Waals surface area contributed by atoms with E-state index in [0.29, 0.717) is 5.41 Å². The van der Waals surface area contributed by atoms with Gasteiger partial charge in [-0.3, -0.25) is 0 Å². The smallest absolute Gasteiger partial charge is 0.0426 e. The SMILES string of the molecule is Clc1cccc(N2CC3(CCNCC3)C2)c1. The van der Waals surface area contributed by atoms with E-state index in [1.165, 1.54) is 44.7 Å². The Balaban J connectivity index is 1.68. The van der Waals surface area contributed by atoms with Gasteiger partial charge in [0.25, 0.3) is 0 Å². The minimum Gasteiger partial charge on any atom is -0.370 e. The molecule has 86 valence electrons. The third kappa shape index (κ3) is 1.80. The van der Waals surface area contributed by atoms with Gasteiger partial charge < -0.3 is 10.2 Å². The monoisotopic (exact) mass is 236 g/mol. The summed E-state index contributed by atoms with van der Waals surface area (Å²) in [6.45, 7) is 4.77. The molecule has 2 heterocycles. The van der Waals surface area contributed by atoms with Gasteiger partial charge in [-0.2, -0.15) is 0 Å². The Kier molecular flexibility index (Phi) is 2.56. The van der Waals surface area contributed by atoms with Crippen LogP contribution in [0.25, 0.3) is 0 Å². The first kappa shape index (κ1) is 10.4. The molecule has 1 aromatic rings. The van der Waals surface area contributed by atoms with Crippen molar-refractivity contribution in [2.45, 2.75) is 12.8 Å². The van der Waals surface area contributed by atoms with Crippen LogP contribution in [0.15, 0.2) is 24.3 Å². The number of anilines is 1. The van der Waals surface area contributed by atoms with Gasteiger partial charge >= 0.3 is 0 Å². The van der Waals surface area contributed by atoms with Crippen LogP contribution in [0.1, 0.15) is 12.8 Å². The summed E-state index contributed by atoms with van der Waals surface area (Å²) in [5, 5.41) is 4.27. The lowest BCUT2D eigenvalue weighted by atomic mass is 9.72. The van der Waals surface area contributed by atoms with Crippen molar-refractivity contribution in [1.82, 2.24) is 5.32 Å². The maximum Gasteiger partial charge on any atom is 0.0426 e. The second-order valence-electron chi connectivity index (χ2n) is 5.09. The van der Waals surface area contributed by atoms with Gasteiger partial charge in [0.2, 0.25) is 0 Å². The van der Waals surface area contributed by atoms with Gasteiger partial charge in [0, 0.05) is 29.2 Å². The van der Waals surface area contributed by atoms with Gasteiger partial charge in [-0.05, 0) is 44.1 Å². The summed E-state index contributed by atoms with van der Waals surface area (Å²) < 4.78 is 0. The molecule has 2 saturated heterocycles. The molecule has 0 aromatic heterocycles. The number of hydrogen-bond acceptors (Lipinski definition) is 2. The molecule has 0 atom stereocenters. The van der Waals surface area contributed by atoms with Gasteiger partial charge in [-0.15, -0.1) is 0 Å². The summed E-state index contributed by atoms with van der Waals surface area (Å²) in [6, 6.07) is 8.19. The molecule has 1 aromatic carbocycles. The molecule has 16 heavy (non-hydrogen) atoms. The number of piperidine rings is 1. The van der Waals surface area contributed by atoms with E-state index < -0.39 is 0 Å².